The molecule has 4 nitrogen and oxygen atoms in total. The number of nitrogens with one attached hydrogen (secondary N) is 3. The fourth-order valence-corrected chi connectivity index (χ4v) is 0.627. The fraction of sp³-hybridized carbons (Fsp3) is 1.00. The molecule has 4 N–H and O–H groups in total. The maximum Gasteiger partial charge on any atom is 0.133 e. The number of aliphatic hydroxyl groups excluding tert-OH is 1. The third kappa shape index (κ3) is 2.76. The highest BCUT2D eigenvalue weighted by Gasteiger charge is 2.10. The summed E-state index contributed by atoms with van der Waals surface area (Å²) in [7, 11) is 5.26. The molecule has 0 saturated carbocycles. The summed E-state index contributed by atoms with van der Waals surface area (Å²) in [5.41, 5.74) is 0. The van der Waals surface area contributed by atoms with Gasteiger partial charge >= 0.3 is 0 Å². The monoisotopic (exact) mass is 133 g/mol. The normalized spacial score (nSPS) is 14.3. The van der Waals surface area contributed by atoms with Gasteiger partial charge < -0.3 is 15.7 Å². The van der Waals surface area contributed by atoms with Crippen molar-refractivity contribution >= 4 is 0 Å². The Morgan fingerprint density at radius 3 is 1.56 bits per heavy atom. The second-order valence-corrected chi connectivity index (χ2v) is 1.79. The Kier molecular flexibility index (Phi) is 4.61. The molecule has 0 radical (unpaired) electrons. The molecule has 0 aliphatic heterocycles. The van der Waals surface area contributed by atoms with Crippen molar-refractivity contribution in [2.24, 2.45) is 0 Å². The van der Waals surface area contributed by atoms with Crippen molar-refractivity contribution in [2.45, 2.75) is 12.4 Å². The first kappa shape index (κ1) is 8.84. The van der Waals surface area contributed by atoms with E-state index in [-0.39, 0.29) is 6.17 Å². The van der Waals surface area contributed by atoms with Crippen LogP contribution in [0.15, 0.2) is 0 Å². The minimum atomic E-state index is -0.542. The number of rotatable bonds is 4. The lowest BCUT2D eigenvalue weighted by Gasteiger charge is -2.20. The van der Waals surface area contributed by atoms with E-state index in [9.17, 15) is 0 Å². The predicted octanol–water partition coefficient (Wildman–Crippen LogP) is -1.71. The summed E-state index contributed by atoms with van der Waals surface area (Å²) in [4.78, 5) is 0. The van der Waals surface area contributed by atoms with Crippen molar-refractivity contribution in [1.82, 2.24) is 16.0 Å². The lowest BCUT2D eigenvalue weighted by atomic mass is 10.4. The van der Waals surface area contributed by atoms with Crippen LogP contribution in [-0.2, 0) is 0 Å². The van der Waals surface area contributed by atoms with Gasteiger partial charge in [-0.25, -0.2) is 0 Å². The molecular formula is C5H15N3O. The zero-order chi connectivity index (χ0) is 7.28. The summed E-state index contributed by atoms with van der Waals surface area (Å²) in [6.45, 7) is 0. The first-order chi connectivity index (χ1) is 4.26. The van der Waals surface area contributed by atoms with E-state index in [0.29, 0.717) is 0 Å². The molecule has 0 rings (SSSR count). The van der Waals surface area contributed by atoms with Crippen LogP contribution in [0, 0.1) is 0 Å². The number of likely N-dealkylation sites (N-methyl/N-ethyl adjacent to an activating group) is 3. The van der Waals surface area contributed by atoms with E-state index in [2.05, 4.69) is 16.0 Å². The molecule has 0 amide bonds. The largest absolute Gasteiger partial charge is 0.376 e. The molecule has 1 atom stereocenters. The van der Waals surface area contributed by atoms with Crippen molar-refractivity contribution in [2.75, 3.05) is 21.1 Å². The third-order valence-electron chi connectivity index (χ3n) is 1.23. The third-order valence-corrected chi connectivity index (χ3v) is 1.23. The number of aliphatic hydroxyl groups is 1. The van der Waals surface area contributed by atoms with E-state index >= 15 is 0 Å². The van der Waals surface area contributed by atoms with Gasteiger partial charge in [0.05, 0.1) is 6.17 Å². The Morgan fingerprint density at radius 1 is 1.00 bits per heavy atom. The van der Waals surface area contributed by atoms with Crippen LogP contribution in [0.2, 0.25) is 0 Å². The van der Waals surface area contributed by atoms with E-state index in [1.807, 2.05) is 0 Å². The lowest BCUT2D eigenvalue weighted by Crippen LogP contribution is -2.52. The standard InChI is InChI=1S/C5H15N3O/c1-6-4(7-2)5(9)8-3/h4-9H,1-3H3. The SMILES string of the molecule is CNC(O)C(NC)NC. The Labute approximate surface area is 55.6 Å². The van der Waals surface area contributed by atoms with Crippen molar-refractivity contribution in [1.29, 1.82) is 0 Å². The molecule has 0 spiro atoms. The molecule has 56 valence electrons. The van der Waals surface area contributed by atoms with E-state index in [4.69, 9.17) is 5.11 Å². The molecule has 0 heterocycles. The highest BCUT2D eigenvalue weighted by atomic mass is 16.3. The first-order valence-corrected chi connectivity index (χ1v) is 2.96. The van der Waals surface area contributed by atoms with Gasteiger partial charge in [0.2, 0.25) is 0 Å². The zero-order valence-corrected chi connectivity index (χ0v) is 6.10. The molecule has 0 aromatic carbocycles. The van der Waals surface area contributed by atoms with Crippen LogP contribution in [0.3, 0.4) is 0 Å². The van der Waals surface area contributed by atoms with Gasteiger partial charge in [0.25, 0.3) is 0 Å². The molecule has 1 unspecified atom stereocenters. The van der Waals surface area contributed by atoms with Gasteiger partial charge in [0.1, 0.15) is 6.23 Å². The van der Waals surface area contributed by atoms with Gasteiger partial charge in [-0.2, -0.15) is 0 Å². The molecule has 0 fully saturated rings. The van der Waals surface area contributed by atoms with Crippen molar-refractivity contribution in [3.05, 3.63) is 0 Å². The lowest BCUT2D eigenvalue weighted by molar-refractivity contribution is 0.0939. The zero-order valence-electron chi connectivity index (χ0n) is 6.10. The van der Waals surface area contributed by atoms with Gasteiger partial charge in [-0.15, -0.1) is 0 Å². The number of hydrogen-bond donors (Lipinski definition) is 4. The fourth-order valence-electron chi connectivity index (χ4n) is 0.627. The topological polar surface area (TPSA) is 56.3 Å². The summed E-state index contributed by atoms with van der Waals surface area (Å²) >= 11 is 0. The van der Waals surface area contributed by atoms with E-state index in [1.54, 1.807) is 21.1 Å². The maximum atomic E-state index is 9.08. The molecule has 0 aliphatic rings. The Morgan fingerprint density at radius 2 is 1.44 bits per heavy atom. The van der Waals surface area contributed by atoms with Gasteiger partial charge in [-0.05, 0) is 21.1 Å². The quantitative estimate of drug-likeness (QED) is 0.345. The summed E-state index contributed by atoms with van der Waals surface area (Å²) in [6.07, 6.45) is -0.630. The summed E-state index contributed by atoms with van der Waals surface area (Å²) in [5, 5.41) is 17.5. The van der Waals surface area contributed by atoms with Crippen molar-refractivity contribution in [3.8, 4) is 0 Å². The van der Waals surface area contributed by atoms with Gasteiger partial charge in [0, 0.05) is 0 Å². The van der Waals surface area contributed by atoms with E-state index < -0.39 is 6.23 Å². The molecule has 9 heavy (non-hydrogen) atoms. The molecule has 0 aromatic heterocycles. The van der Waals surface area contributed by atoms with Gasteiger partial charge in [-0.3, -0.25) is 5.32 Å². The minimum Gasteiger partial charge on any atom is -0.376 e. The van der Waals surface area contributed by atoms with Crippen LogP contribution in [0.25, 0.3) is 0 Å². The molecule has 0 bridgehead atoms. The van der Waals surface area contributed by atoms with Crippen LogP contribution in [0.5, 0.6) is 0 Å². The molecule has 0 aliphatic carbocycles. The van der Waals surface area contributed by atoms with Crippen LogP contribution >= 0.6 is 0 Å². The Bertz CT molecular complexity index is 65.2. The van der Waals surface area contributed by atoms with Gasteiger partial charge in [0.15, 0.2) is 0 Å². The Balaban J connectivity index is 3.50. The highest BCUT2D eigenvalue weighted by molar-refractivity contribution is 4.65. The second-order valence-electron chi connectivity index (χ2n) is 1.79. The van der Waals surface area contributed by atoms with Crippen LogP contribution < -0.4 is 16.0 Å². The van der Waals surface area contributed by atoms with E-state index in [0.717, 1.165) is 0 Å². The smallest absolute Gasteiger partial charge is 0.133 e. The minimum absolute atomic E-state index is 0.0880. The maximum absolute atomic E-state index is 9.08. The Hall–Kier alpha value is -0.160. The van der Waals surface area contributed by atoms with Gasteiger partial charge in [-0.1, -0.05) is 0 Å². The van der Waals surface area contributed by atoms with E-state index in [1.165, 1.54) is 0 Å². The van der Waals surface area contributed by atoms with Crippen LogP contribution in [-0.4, -0.2) is 38.6 Å². The van der Waals surface area contributed by atoms with Crippen molar-refractivity contribution < 1.29 is 5.11 Å². The summed E-state index contributed by atoms with van der Waals surface area (Å²) < 4.78 is 0. The van der Waals surface area contributed by atoms with Crippen LogP contribution in [0.1, 0.15) is 0 Å². The average Bonchev–Trinajstić information content (AvgIpc) is 1.90. The molecular weight excluding hydrogens is 118 g/mol. The first-order valence-electron chi connectivity index (χ1n) is 2.96. The number of hydrogen-bond acceptors (Lipinski definition) is 4. The van der Waals surface area contributed by atoms with Crippen molar-refractivity contribution in [3.63, 3.8) is 0 Å². The molecule has 0 saturated heterocycles. The predicted molar refractivity (Wildman–Crippen MR) is 37.0 cm³/mol. The summed E-state index contributed by atoms with van der Waals surface area (Å²) in [5.74, 6) is 0. The molecule has 0 aromatic rings. The average molecular weight is 133 g/mol. The highest BCUT2D eigenvalue weighted by Crippen LogP contribution is 1.79. The molecule has 4 heteroatoms. The second kappa shape index (κ2) is 4.69. The van der Waals surface area contributed by atoms with Crippen LogP contribution in [0.4, 0.5) is 0 Å². The summed E-state index contributed by atoms with van der Waals surface area (Å²) in [6, 6.07) is 0.